The molecule has 0 aliphatic carbocycles. The van der Waals surface area contributed by atoms with Gasteiger partial charge in [-0.1, -0.05) is 30.7 Å². The van der Waals surface area contributed by atoms with Crippen LogP contribution in [0.5, 0.6) is 0 Å². The second-order valence-electron chi connectivity index (χ2n) is 6.30. The maximum Gasteiger partial charge on any atom is 0.143 e. The van der Waals surface area contributed by atoms with Gasteiger partial charge in [0, 0.05) is 29.9 Å². The van der Waals surface area contributed by atoms with Gasteiger partial charge in [0.25, 0.3) is 0 Å². The number of benzene rings is 1. The third-order valence-corrected chi connectivity index (χ3v) is 4.90. The molecule has 0 bridgehead atoms. The molecule has 1 aromatic carbocycles. The van der Waals surface area contributed by atoms with Crippen molar-refractivity contribution >= 4 is 28.5 Å². The van der Waals surface area contributed by atoms with Gasteiger partial charge in [-0.15, -0.1) is 0 Å². The molecule has 0 amide bonds. The van der Waals surface area contributed by atoms with E-state index in [4.69, 9.17) is 11.6 Å². The maximum atomic E-state index is 6.17. The highest BCUT2D eigenvalue weighted by atomic mass is 35.5. The fourth-order valence-electron chi connectivity index (χ4n) is 3.29. The molecule has 0 unspecified atom stereocenters. The quantitative estimate of drug-likeness (QED) is 0.753. The lowest BCUT2D eigenvalue weighted by molar-refractivity contribution is 0.437. The van der Waals surface area contributed by atoms with Crippen molar-refractivity contribution in [2.75, 3.05) is 18.0 Å². The third-order valence-electron chi connectivity index (χ3n) is 4.67. The van der Waals surface area contributed by atoms with Gasteiger partial charge in [0.2, 0.25) is 0 Å². The minimum Gasteiger partial charge on any atom is -0.356 e. The van der Waals surface area contributed by atoms with Crippen molar-refractivity contribution in [2.45, 2.75) is 19.8 Å². The summed E-state index contributed by atoms with van der Waals surface area (Å²) in [6.45, 7) is 4.42. The molecule has 0 radical (unpaired) electrons. The van der Waals surface area contributed by atoms with Gasteiger partial charge in [0.15, 0.2) is 0 Å². The molecule has 5 heteroatoms. The topological polar surface area (TPSA) is 44.8 Å². The number of fused-ring (bicyclic) bond motifs is 1. The SMILES string of the molecule is CC1CCN(c2ncnc3[nH]cc(-c4cccc(Cl)c4)c23)CC1. The number of hydrogen-bond donors (Lipinski definition) is 1. The first-order valence-corrected chi connectivity index (χ1v) is 8.43. The number of anilines is 1. The van der Waals surface area contributed by atoms with Gasteiger partial charge in [-0.05, 0) is 36.5 Å². The Hall–Kier alpha value is -2.07. The first-order valence-electron chi connectivity index (χ1n) is 8.05. The molecular formula is C18H19ClN4. The van der Waals surface area contributed by atoms with Gasteiger partial charge in [-0.25, -0.2) is 9.97 Å². The van der Waals surface area contributed by atoms with E-state index in [0.717, 1.165) is 52.0 Å². The number of hydrogen-bond acceptors (Lipinski definition) is 3. The van der Waals surface area contributed by atoms with Gasteiger partial charge in [0.1, 0.15) is 17.8 Å². The van der Waals surface area contributed by atoms with E-state index in [0.29, 0.717) is 0 Å². The van der Waals surface area contributed by atoms with Crippen LogP contribution < -0.4 is 4.90 Å². The van der Waals surface area contributed by atoms with E-state index in [1.165, 1.54) is 12.8 Å². The highest BCUT2D eigenvalue weighted by Crippen LogP contribution is 2.35. The molecule has 1 fully saturated rings. The summed E-state index contributed by atoms with van der Waals surface area (Å²) in [5.41, 5.74) is 3.07. The summed E-state index contributed by atoms with van der Waals surface area (Å²) in [5.74, 6) is 1.82. The number of nitrogens with zero attached hydrogens (tertiary/aromatic N) is 3. The van der Waals surface area contributed by atoms with E-state index < -0.39 is 0 Å². The van der Waals surface area contributed by atoms with Crippen LogP contribution in [0.2, 0.25) is 5.02 Å². The number of H-pyrrole nitrogens is 1. The molecular weight excluding hydrogens is 308 g/mol. The Labute approximate surface area is 140 Å². The molecule has 0 atom stereocenters. The first kappa shape index (κ1) is 14.5. The van der Waals surface area contributed by atoms with E-state index in [1.54, 1.807) is 6.33 Å². The van der Waals surface area contributed by atoms with Crippen molar-refractivity contribution < 1.29 is 0 Å². The molecule has 23 heavy (non-hydrogen) atoms. The standard InChI is InChI=1S/C18H19ClN4/c1-12-5-7-23(8-6-12)18-16-15(10-20-17(16)21-11-22-18)13-3-2-4-14(19)9-13/h2-4,9-12H,5-8H2,1H3,(H,20,21,22). The summed E-state index contributed by atoms with van der Waals surface area (Å²) in [6, 6.07) is 7.93. The fraction of sp³-hybridized carbons (Fsp3) is 0.333. The fourth-order valence-corrected chi connectivity index (χ4v) is 3.48. The largest absolute Gasteiger partial charge is 0.356 e. The smallest absolute Gasteiger partial charge is 0.143 e. The number of piperidine rings is 1. The number of rotatable bonds is 2. The van der Waals surface area contributed by atoms with Crippen LogP contribution in [0.25, 0.3) is 22.2 Å². The van der Waals surface area contributed by atoms with Gasteiger partial charge in [-0.2, -0.15) is 0 Å². The molecule has 0 saturated carbocycles. The first-order chi connectivity index (χ1) is 11.2. The van der Waals surface area contributed by atoms with Gasteiger partial charge in [0.05, 0.1) is 5.39 Å². The minimum absolute atomic E-state index is 0.738. The number of aromatic nitrogens is 3. The highest BCUT2D eigenvalue weighted by Gasteiger charge is 2.21. The molecule has 2 aromatic heterocycles. The van der Waals surface area contributed by atoms with Crippen molar-refractivity contribution in [1.29, 1.82) is 0 Å². The van der Waals surface area contributed by atoms with Crippen LogP contribution in [0.3, 0.4) is 0 Å². The van der Waals surface area contributed by atoms with Crippen molar-refractivity contribution in [3.05, 3.63) is 41.8 Å². The van der Waals surface area contributed by atoms with Crippen LogP contribution >= 0.6 is 11.6 Å². The molecule has 3 heterocycles. The molecule has 1 aliphatic rings. The van der Waals surface area contributed by atoms with Crippen molar-refractivity contribution in [2.24, 2.45) is 5.92 Å². The van der Waals surface area contributed by atoms with Crippen LogP contribution in [0.15, 0.2) is 36.8 Å². The summed E-state index contributed by atoms with van der Waals surface area (Å²) in [5, 5.41) is 1.83. The van der Waals surface area contributed by atoms with Gasteiger partial charge in [-0.3, -0.25) is 0 Å². The Morgan fingerprint density at radius 2 is 2.04 bits per heavy atom. The van der Waals surface area contributed by atoms with Crippen molar-refractivity contribution in [3.8, 4) is 11.1 Å². The summed E-state index contributed by atoms with van der Waals surface area (Å²) in [7, 11) is 0. The molecule has 0 spiro atoms. The van der Waals surface area contributed by atoms with E-state index >= 15 is 0 Å². The van der Waals surface area contributed by atoms with Crippen LogP contribution in [0.4, 0.5) is 5.82 Å². The Morgan fingerprint density at radius 3 is 2.83 bits per heavy atom. The highest BCUT2D eigenvalue weighted by molar-refractivity contribution is 6.31. The second-order valence-corrected chi connectivity index (χ2v) is 6.74. The Balaban J connectivity index is 1.84. The molecule has 4 rings (SSSR count). The predicted molar refractivity (Wildman–Crippen MR) is 94.9 cm³/mol. The van der Waals surface area contributed by atoms with Crippen molar-refractivity contribution in [3.63, 3.8) is 0 Å². The zero-order valence-electron chi connectivity index (χ0n) is 13.1. The molecule has 1 saturated heterocycles. The second kappa shape index (κ2) is 5.85. The van der Waals surface area contributed by atoms with Gasteiger partial charge >= 0.3 is 0 Å². The molecule has 1 aliphatic heterocycles. The molecule has 3 aromatic rings. The van der Waals surface area contributed by atoms with Crippen LogP contribution in [0.1, 0.15) is 19.8 Å². The zero-order chi connectivity index (χ0) is 15.8. The monoisotopic (exact) mass is 326 g/mol. The predicted octanol–water partition coefficient (Wildman–Crippen LogP) is 4.51. The summed E-state index contributed by atoms with van der Waals surface area (Å²) < 4.78 is 0. The zero-order valence-corrected chi connectivity index (χ0v) is 13.8. The van der Waals surface area contributed by atoms with Crippen LogP contribution in [0, 0.1) is 5.92 Å². The van der Waals surface area contributed by atoms with Crippen LogP contribution in [-0.2, 0) is 0 Å². The lowest BCUT2D eigenvalue weighted by Crippen LogP contribution is -2.33. The summed E-state index contributed by atoms with van der Waals surface area (Å²) >= 11 is 6.17. The Bertz CT molecular complexity index is 834. The van der Waals surface area contributed by atoms with Crippen LogP contribution in [-0.4, -0.2) is 28.0 Å². The van der Waals surface area contributed by atoms with Crippen molar-refractivity contribution in [1.82, 2.24) is 15.0 Å². The lowest BCUT2D eigenvalue weighted by atomic mass is 9.98. The number of nitrogens with one attached hydrogen (secondary N) is 1. The lowest BCUT2D eigenvalue weighted by Gasteiger charge is -2.31. The average molecular weight is 327 g/mol. The maximum absolute atomic E-state index is 6.17. The summed E-state index contributed by atoms with van der Waals surface area (Å²) in [4.78, 5) is 14.6. The summed E-state index contributed by atoms with van der Waals surface area (Å²) in [6.07, 6.45) is 6.07. The third kappa shape index (κ3) is 2.68. The minimum atomic E-state index is 0.738. The number of halogens is 1. The van der Waals surface area contributed by atoms with E-state index in [-0.39, 0.29) is 0 Å². The molecule has 4 nitrogen and oxygen atoms in total. The Kier molecular flexibility index (Phi) is 3.69. The average Bonchev–Trinajstić information content (AvgIpc) is 3.00. The normalized spacial score (nSPS) is 16.2. The molecule has 118 valence electrons. The van der Waals surface area contributed by atoms with Gasteiger partial charge < -0.3 is 9.88 Å². The number of aromatic amines is 1. The van der Waals surface area contributed by atoms with E-state index in [2.05, 4.69) is 32.8 Å². The van der Waals surface area contributed by atoms with E-state index in [9.17, 15) is 0 Å². The Morgan fingerprint density at radius 1 is 1.22 bits per heavy atom. The van der Waals surface area contributed by atoms with E-state index in [1.807, 2.05) is 24.4 Å². The molecule has 1 N–H and O–H groups in total.